The van der Waals surface area contributed by atoms with E-state index in [1.807, 2.05) is 50.2 Å². The zero-order valence-electron chi connectivity index (χ0n) is 21.1. The number of hydrogen-bond acceptors (Lipinski definition) is 4. The molecule has 4 heteroatoms. The molecule has 3 aromatic carbocycles. The van der Waals surface area contributed by atoms with Crippen LogP contribution in [-0.4, -0.2) is 22.6 Å². The number of aryl methyl sites for hydroxylation is 2. The Labute approximate surface area is 203 Å². The first kappa shape index (κ1) is 25.2. The highest BCUT2D eigenvalue weighted by Gasteiger charge is 2.11. The van der Waals surface area contributed by atoms with Gasteiger partial charge in [0.05, 0.1) is 11.4 Å². The van der Waals surface area contributed by atoms with Crippen LogP contribution in [0.25, 0.3) is 0 Å². The van der Waals surface area contributed by atoms with E-state index in [1.165, 1.54) is 11.1 Å². The summed E-state index contributed by atoms with van der Waals surface area (Å²) in [5.74, 6) is 1.35. The van der Waals surface area contributed by atoms with Crippen molar-refractivity contribution in [2.45, 2.75) is 66.2 Å². The van der Waals surface area contributed by atoms with Crippen LogP contribution in [0.2, 0.25) is 0 Å². The molecule has 0 fully saturated rings. The second-order valence-corrected chi connectivity index (χ2v) is 9.29. The smallest absolute Gasteiger partial charge is 0.127 e. The number of phenols is 2. The minimum atomic E-state index is 0.298. The maximum absolute atomic E-state index is 10.6. The summed E-state index contributed by atoms with van der Waals surface area (Å²) < 4.78 is 0. The van der Waals surface area contributed by atoms with Crippen molar-refractivity contribution in [3.63, 3.8) is 0 Å². The van der Waals surface area contributed by atoms with Crippen molar-refractivity contribution in [2.24, 2.45) is 9.98 Å². The number of aromatic hydroxyl groups is 2. The Morgan fingerprint density at radius 1 is 0.647 bits per heavy atom. The number of aliphatic imine (C=N–C) groups is 2. The minimum Gasteiger partial charge on any atom is -0.507 e. The van der Waals surface area contributed by atoms with Gasteiger partial charge in [-0.15, -0.1) is 0 Å². The van der Waals surface area contributed by atoms with Gasteiger partial charge in [0.25, 0.3) is 0 Å². The average molecular weight is 457 g/mol. The fraction of sp³-hybridized carbons (Fsp3) is 0.333. The van der Waals surface area contributed by atoms with Crippen molar-refractivity contribution in [1.29, 1.82) is 0 Å². The topological polar surface area (TPSA) is 65.2 Å². The second-order valence-electron chi connectivity index (χ2n) is 9.29. The summed E-state index contributed by atoms with van der Waals surface area (Å²) in [7, 11) is 0. The first-order valence-corrected chi connectivity index (χ1v) is 12.1. The van der Waals surface area contributed by atoms with E-state index in [0.29, 0.717) is 23.3 Å². The average Bonchev–Trinajstić information content (AvgIpc) is 2.83. The van der Waals surface area contributed by atoms with Crippen LogP contribution < -0.4 is 0 Å². The zero-order valence-corrected chi connectivity index (χ0v) is 21.1. The van der Waals surface area contributed by atoms with Gasteiger partial charge < -0.3 is 10.2 Å². The molecule has 34 heavy (non-hydrogen) atoms. The number of hydrogen-bond donors (Lipinski definition) is 2. The normalized spacial score (nSPS) is 12.0. The quantitative estimate of drug-likeness (QED) is 0.338. The lowest BCUT2D eigenvalue weighted by molar-refractivity contribution is 0.467. The predicted octanol–water partition coefficient (Wildman–Crippen LogP) is 7.97. The van der Waals surface area contributed by atoms with Gasteiger partial charge in [-0.3, -0.25) is 9.98 Å². The monoisotopic (exact) mass is 456 g/mol. The van der Waals surface area contributed by atoms with Gasteiger partial charge in [-0.25, -0.2) is 0 Å². The molecule has 0 atom stereocenters. The highest BCUT2D eigenvalue weighted by molar-refractivity contribution is 5.87. The first-order valence-electron chi connectivity index (χ1n) is 12.1. The third kappa shape index (κ3) is 5.93. The molecule has 178 valence electrons. The number of benzene rings is 3. The first-order chi connectivity index (χ1) is 16.2. The van der Waals surface area contributed by atoms with Crippen LogP contribution in [0.4, 0.5) is 11.4 Å². The van der Waals surface area contributed by atoms with E-state index in [4.69, 9.17) is 0 Å². The third-order valence-corrected chi connectivity index (χ3v) is 6.13. The lowest BCUT2D eigenvalue weighted by atomic mass is 9.96. The van der Waals surface area contributed by atoms with E-state index < -0.39 is 0 Å². The van der Waals surface area contributed by atoms with Crippen LogP contribution in [0.1, 0.15) is 86.8 Å². The minimum absolute atomic E-state index is 0.298. The summed E-state index contributed by atoms with van der Waals surface area (Å²) >= 11 is 0. The standard InChI is InChI=1S/C30H36N2O2/c1-7-21-13-23(19(3)4)15-25(29(21)33)17-31-27-9-11-28(12-10-27)32-18-26-16-24(20(5)6)14-22(8-2)30(26)34/h9-20,33-34H,7-8H2,1-6H3. The molecule has 0 heterocycles. The third-order valence-electron chi connectivity index (χ3n) is 6.13. The molecule has 0 aliphatic rings. The van der Waals surface area contributed by atoms with Crippen LogP contribution in [0, 0.1) is 0 Å². The summed E-state index contributed by atoms with van der Waals surface area (Å²) in [6.07, 6.45) is 4.99. The number of rotatable bonds is 8. The van der Waals surface area contributed by atoms with E-state index in [9.17, 15) is 10.2 Å². The molecule has 3 aromatic rings. The fourth-order valence-electron chi connectivity index (χ4n) is 3.80. The van der Waals surface area contributed by atoms with Gasteiger partial charge in [0.15, 0.2) is 0 Å². The van der Waals surface area contributed by atoms with Crippen LogP contribution in [0.15, 0.2) is 58.5 Å². The highest BCUT2D eigenvalue weighted by atomic mass is 16.3. The number of phenolic OH excluding ortho intramolecular Hbond substituents is 2. The van der Waals surface area contributed by atoms with Crippen molar-refractivity contribution >= 4 is 23.8 Å². The van der Waals surface area contributed by atoms with Gasteiger partial charge in [-0.05, 0) is 83.3 Å². The zero-order chi connectivity index (χ0) is 24.8. The van der Waals surface area contributed by atoms with Gasteiger partial charge in [0.2, 0.25) is 0 Å². The van der Waals surface area contributed by atoms with Gasteiger partial charge in [0.1, 0.15) is 11.5 Å². The molecular formula is C30H36N2O2. The van der Waals surface area contributed by atoms with Crippen molar-refractivity contribution in [1.82, 2.24) is 0 Å². The Morgan fingerprint density at radius 2 is 1.00 bits per heavy atom. The molecule has 3 rings (SSSR count). The Bertz CT molecular complexity index is 1090. The highest BCUT2D eigenvalue weighted by Crippen LogP contribution is 2.30. The molecule has 2 N–H and O–H groups in total. The lowest BCUT2D eigenvalue weighted by Crippen LogP contribution is -1.96. The molecule has 0 amide bonds. The SMILES string of the molecule is CCc1cc(C(C)C)cc(C=Nc2ccc(N=Cc3cc(C(C)C)cc(CC)c3O)cc2)c1O. The molecule has 0 aromatic heterocycles. The van der Waals surface area contributed by atoms with Gasteiger partial charge in [-0.2, -0.15) is 0 Å². The van der Waals surface area contributed by atoms with E-state index in [0.717, 1.165) is 46.5 Å². The molecule has 0 unspecified atom stereocenters. The van der Waals surface area contributed by atoms with Crippen LogP contribution >= 0.6 is 0 Å². The van der Waals surface area contributed by atoms with Crippen molar-refractivity contribution in [3.05, 3.63) is 81.9 Å². The van der Waals surface area contributed by atoms with Crippen molar-refractivity contribution < 1.29 is 10.2 Å². The maximum Gasteiger partial charge on any atom is 0.127 e. The maximum atomic E-state index is 10.6. The van der Waals surface area contributed by atoms with Gasteiger partial charge in [-0.1, -0.05) is 53.7 Å². The Balaban J connectivity index is 1.82. The largest absolute Gasteiger partial charge is 0.507 e. The summed E-state index contributed by atoms with van der Waals surface area (Å²) in [5, 5.41) is 21.2. The van der Waals surface area contributed by atoms with E-state index >= 15 is 0 Å². The second kappa shape index (κ2) is 11.1. The van der Waals surface area contributed by atoms with Gasteiger partial charge >= 0.3 is 0 Å². The molecule has 0 radical (unpaired) electrons. The van der Waals surface area contributed by atoms with Crippen LogP contribution in [0.3, 0.4) is 0 Å². The molecule has 0 aliphatic carbocycles. The van der Waals surface area contributed by atoms with Gasteiger partial charge in [0, 0.05) is 23.6 Å². The number of nitrogens with zero attached hydrogens (tertiary/aromatic N) is 2. The lowest BCUT2D eigenvalue weighted by Gasteiger charge is -2.12. The molecule has 0 saturated heterocycles. The molecule has 0 bridgehead atoms. The Kier molecular flexibility index (Phi) is 8.27. The van der Waals surface area contributed by atoms with E-state index in [-0.39, 0.29) is 0 Å². The molecule has 0 aliphatic heterocycles. The van der Waals surface area contributed by atoms with Crippen molar-refractivity contribution in [2.75, 3.05) is 0 Å². The molecule has 4 nitrogen and oxygen atoms in total. The predicted molar refractivity (Wildman–Crippen MR) is 144 cm³/mol. The summed E-state index contributed by atoms with van der Waals surface area (Å²) in [6, 6.07) is 15.7. The van der Waals surface area contributed by atoms with Crippen LogP contribution in [0.5, 0.6) is 11.5 Å². The van der Waals surface area contributed by atoms with E-state index in [1.54, 1.807) is 12.4 Å². The van der Waals surface area contributed by atoms with E-state index in [2.05, 4.69) is 49.8 Å². The Morgan fingerprint density at radius 3 is 1.29 bits per heavy atom. The van der Waals surface area contributed by atoms with Crippen molar-refractivity contribution in [3.8, 4) is 11.5 Å². The molecule has 0 spiro atoms. The summed E-state index contributed by atoms with van der Waals surface area (Å²) in [5.41, 5.74) is 7.29. The summed E-state index contributed by atoms with van der Waals surface area (Å²) in [6.45, 7) is 12.7. The fourth-order valence-corrected chi connectivity index (χ4v) is 3.80. The molecular weight excluding hydrogens is 420 g/mol. The van der Waals surface area contributed by atoms with Crippen LogP contribution in [-0.2, 0) is 12.8 Å². The molecule has 0 saturated carbocycles. The summed E-state index contributed by atoms with van der Waals surface area (Å²) in [4.78, 5) is 9.13. The Hall–Kier alpha value is -3.40.